The highest BCUT2D eigenvalue weighted by Gasteiger charge is 2.25. The minimum Gasteiger partial charge on any atom is -0.324 e. The topological polar surface area (TPSA) is 59.1 Å². The van der Waals surface area contributed by atoms with Crippen molar-refractivity contribution in [3.8, 4) is 0 Å². The number of benzene rings is 2. The van der Waals surface area contributed by atoms with Crippen LogP contribution in [0.4, 0.5) is 10.1 Å². The monoisotopic (exact) mass is 432 g/mol. The molecule has 2 aromatic carbocycles. The molecule has 0 radical (unpaired) electrons. The van der Waals surface area contributed by atoms with Gasteiger partial charge in [0.05, 0.1) is 18.3 Å². The molecule has 1 aliphatic rings. The van der Waals surface area contributed by atoms with Crippen molar-refractivity contribution in [2.24, 2.45) is 0 Å². The van der Waals surface area contributed by atoms with E-state index >= 15 is 0 Å². The molecule has 0 saturated carbocycles. The summed E-state index contributed by atoms with van der Waals surface area (Å²) in [6.45, 7) is 1.95. The number of fused-ring (bicyclic) bond motifs is 1. The van der Waals surface area contributed by atoms with Gasteiger partial charge in [-0.05, 0) is 82.8 Å². The summed E-state index contributed by atoms with van der Waals surface area (Å²) in [4.78, 5) is 17.4. The first-order chi connectivity index (χ1) is 14.9. The summed E-state index contributed by atoms with van der Waals surface area (Å²) in [5, 5.41) is 2.84. The number of hydrogen-bond donors (Lipinski definition) is 1. The summed E-state index contributed by atoms with van der Waals surface area (Å²) in [5.74, 6) is -0.527. The molecule has 3 aromatic rings. The quantitative estimate of drug-likeness (QED) is 0.594. The molecular weight excluding hydrogens is 411 g/mol. The van der Waals surface area contributed by atoms with Gasteiger partial charge in [-0.1, -0.05) is 18.2 Å². The van der Waals surface area contributed by atoms with Gasteiger partial charge in [-0.25, -0.2) is 4.39 Å². The second kappa shape index (κ2) is 8.78. The average Bonchev–Trinajstić information content (AvgIpc) is 3.00. The lowest BCUT2D eigenvalue weighted by molar-refractivity contribution is -0.115. The number of halogens is 1. The zero-order chi connectivity index (χ0) is 22.0. The van der Waals surface area contributed by atoms with Crippen molar-refractivity contribution in [3.63, 3.8) is 0 Å². The predicted octanol–water partition coefficient (Wildman–Crippen LogP) is 5.31. The Balaban J connectivity index is 1.69. The number of hydrogen-bond acceptors (Lipinski definition) is 3. The maximum atomic E-state index is 14.0. The van der Waals surface area contributed by atoms with Gasteiger partial charge in [-0.3, -0.25) is 14.0 Å². The number of amides is 1. The smallest absolute Gasteiger partial charge is 0.228 e. The highest BCUT2D eigenvalue weighted by atomic mass is 32.2. The van der Waals surface area contributed by atoms with Gasteiger partial charge in [0.25, 0.3) is 0 Å². The molecule has 156 valence electrons. The number of rotatable bonds is 5. The third kappa shape index (κ3) is 4.54. The van der Waals surface area contributed by atoms with Crippen molar-refractivity contribution in [3.05, 3.63) is 95.1 Å². The van der Waals surface area contributed by atoms with E-state index in [2.05, 4.69) is 10.3 Å². The predicted molar refractivity (Wildman–Crippen MR) is 123 cm³/mol. The standard InChI is InChI=1S/C25H21FN2O2S/c1-16-22(12-17-5-8-20(9-6-17)31(2)30)21-10-7-18(26)13-24(21)23(16)14-25(29)28-19-4-3-11-27-15-19/h3-13,15H,14H2,1-2H3,(H,28,29)/b22-12+. The van der Waals surface area contributed by atoms with Gasteiger partial charge in [0.2, 0.25) is 5.91 Å². The zero-order valence-corrected chi connectivity index (χ0v) is 18.0. The SMILES string of the molecule is CC1=C(CC(=O)Nc2cccnc2)c2cc(F)ccc2/C1=C/c1ccc(S(C)=O)cc1. The molecule has 4 rings (SSSR count). The summed E-state index contributed by atoms with van der Waals surface area (Å²) in [6, 6.07) is 15.7. The van der Waals surface area contributed by atoms with Crippen LogP contribution in [0.3, 0.4) is 0 Å². The minimum absolute atomic E-state index is 0.127. The first kappa shape index (κ1) is 20.9. The molecule has 1 aromatic heterocycles. The molecule has 1 aliphatic carbocycles. The maximum absolute atomic E-state index is 14.0. The van der Waals surface area contributed by atoms with Gasteiger partial charge in [0.15, 0.2) is 0 Å². The molecule has 0 saturated heterocycles. The second-order valence-corrected chi connectivity index (χ2v) is 8.72. The molecule has 1 amide bonds. The Morgan fingerprint density at radius 2 is 1.90 bits per heavy atom. The molecular formula is C25H21FN2O2S. The average molecular weight is 433 g/mol. The molecule has 31 heavy (non-hydrogen) atoms. The van der Waals surface area contributed by atoms with Crippen LogP contribution in [-0.4, -0.2) is 21.4 Å². The highest BCUT2D eigenvalue weighted by molar-refractivity contribution is 7.84. The van der Waals surface area contributed by atoms with Gasteiger partial charge in [-0.2, -0.15) is 0 Å². The minimum atomic E-state index is -1.04. The molecule has 1 heterocycles. The number of pyridine rings is 1. The molecule has 0 bridgehead atoms. The van der Waals surface area contributed by atoms with Crippen molar-refractivity contribution in [2.45, 2.75) is 18.2 Å². The Morgan fingerprint density at radius 3 is 2.58 bits per heavy atom. The Labute approximate surface area is 183 Å². The Hall–Kier alpha value is -3.38. The van der Waals surface area contributed by atoms with Gasteiger partial charge in [0, 0.05) is 28.1 Å². The molecule has 1 atom stereocenters. The summed E-state index contributed by atoms with van der Waals surface area (Å²) in [7, 11) is -1.04. The van der Waals surface area contributed by atoms with E-state index in [0.29, 0.717) is 5.69 Å². The van der Waals surface area contributed by atoms with E-state index < -0.39 is 10.8 Å². The van der Waals surface area contributed by atoms with E-state index in [1.807, 2.05) is 37.3 Å². The summed E-state index contributed by atoms with van der Waals surface area (Å²) in [6.07, 6.45) is 7.01. The van der Waals surface area contributed by atoms with E-state index in [9.17, 15) is 13.4 Å². The van der Waals surface area contributed by atoms with E-state index in [4.69, 9.17) is 0 Å². The lowest BCUT2D eigenvalue weighted by Crippen LogP contribution is -2.12. The number of carbonyl (C=O) groups excluding carboxylic acids is 1. The van der Waals surface area contributed by atoms with Crippen LogP contribution in [0, 0.1) is 5.82 Å². The van der Waals surface area contributed by atoms with Crippen LogP contribution in [-0.2, 0) is 15.6 Å². The lowest BCUT2D eigenvalue weighted by atomic mass is 10.0. The largest absolute Gasteiger partial charge is 0.324 e. The van der Waals surface area contributed by atoms with E-state index in [0.717, 1.165) is 38.3 Å². The first-order valence-corrected chi connectivity index (χ1v) is 11.3. The van der Waals surface area contributed by atoms with Crippen LogP contribution < -0.4 is 5.32 Å². The molecule has 6 heteroatoms. The fourth-order valence-electron chi connectivity index (χ4n) is 3.71. The number of anilines is 1. The number of nitrogens with zero attached hydrogens (tertiary/aromatic N) is 1. The molecule has 4 nitrogen and oxygen atoms in total. The van der Waals surface area contributed by atoms with E-state index in [1.54, 1.807) is 36.8 Å². The van der Waals surface area contributed by atoms with E-state index in [1.165, 1.54) is 12.1 Å². The fraction of sp³-hybridized carbons (Fsp3) is 0.120. The number of nitrogens with one attached hydrogen (secondary N) is 1. The van der Waals surface area contributed by atoms with Crippen molar-refractivity contribution in [1.29, 1.82) is 0 Å². The van der Waals surface area contributed by atoms with Crippen molar-refractivity contribution < 1.29 is 13.4 Å². The highest BCUT2D eigenvalue weighted by Crippen LogP contribution is 2.44. The Morgan fingerprint density at radius 1 is 1.13 bits per heavy atom. The van der Waals surface area contributed by atoms with Crippen LogP contribution in [0.2, 0.25) is 0 Å². The normalized spacial score (nSPS) is 15.1. The third-order valence-electron chi connectivity index (χ3n) is 5.26. The van der Waals surface area contributed by atoms with E-state index in [-0.39, 0.29) is 18.1 Å². The van der Waals surface area contributed by atoms with Gasteiger partial charge in [-0.15, -0.1) is 0 Å². The number of carbonyl (C=O) groups is 1. The fourth-order valence-corrected chi connectivity index (χ4v) is 4.23. The molecule has 1 unspecified atom stereocenters. The van der Waals surface area contributed by atoms with Crippen molar-refractivity contribution >= 4 is 39.6 Å². The van der Waals surface area contributed by atoms with Crippen LogP contribution in [0.15, 0.2) is 77.5 Å². The zero-order valence-electron chi connectivity index (χ0n) is 17.2. The molecule has 0 aliphatic heterocycles. The summed E-state index contributed by atoms with van der Waals surface area (Å²) in [5.41, 5.74) is 5.87. The Kier molecular flexibility index (Phi) is 5.91. The van der Waals surface area contributed by atoms with Crippen molar-refractivity contribution in [1.82, 2.24) is 4.98 Å². The molecule has 0 spiro atoms. The molecule has 0 fully saturated rings. The van der Waals surface area contributed by atoms with Gasteiger partial charge < -0.3 is 5.32 Å². The van der Waals surface area contributed by atoms with Crippen LogP contribution in [0.25, 0.3) is 17.2 Å². The first-order valence-electron chi connectivity index (χ1n) is 9.78. The van der Waals surface area contributed by atoms with Crippen LogP contribution in [0.1, 0.15) is 30.0 Å². The second-order valence-electron chi connectivity index (χ2n) is 7.34. The Bertz CT molecular complexity index is 1230. The summed E-state index contributed by atoms with van der Waals surface area (Å²) >= 11 is 0. The molecule has 1 N–H and O–H groups in total. The lowest BCUT2D eigenvalue weighted by Gasteiger charge is -2.08. The maximum Gasteiger partial charge on any atom is 0.228 e. The van der Waals surface area contributed by atoms with Crippen molar-refractivity contribution in [2.75, 3.05) is 11.6 Å². The third-order valence-corrected chi connectivity index (χ3v) is 6.20. The number of allylic oxidation sites excluding steroid dienone is 2. The van der Waals surface area contributed by atoms with Gasteiger partial charge in [0.1, 0.15) is 5.82 Å². The van der Waals surface area contributed by atoms with Gasteiger partial charge >= 0.3 is 0 Å². The van der Waals surface area contributed by atoms with Crippen LogP contribution >= 0.6 is 0 Å². The summed E-state index contributed by atoms with van der Waals surface area (Å²) < 4.78 is 25.7. The number of aromatic nitrogens is 1. The van der Waals surface area contributed by atoms with Crippen LogP contribution in [0.5, 0.6) is 0 Å².